The zero-order valence-electron chi connectivity index (χ0n) is 11.8. The van der Waals surface area contributed by atoms with Crippen LogP contribution in [0.1, 0.15) is 5.56 Å². The molecule has 0 atom stereocenters. The van der Waals surface area contributed by atoms with Gasteiger partial charge in [-0.1, -0.05) is 12.1 Å². The van der Waals surface area contributed by atoms with Gasteiger partial charge in [-0.05, 0) is 6.07 Å². The number of anilines is 1. The van der Waals surface area contributed by atoms with E-state index in [1.54, 1.807) is 33.7 Å². The summed E-state index contributed by atoms with van der Waals surface area (Å²) in [4.78, 5) is 4.08. The number of rotatable bonds is 6. The Morgan fingerprint density at radius 2 is 1.80 bits per heavy atom. The van der Waals surface area contributed by atoms with Gasteiger partial charge in [-0.2, -0.15) is 0 Å². The lowest BCUT2D eigenvalue weighted by Crippen LogP contribution is -2.04. The first-order valence-electron chi connectivity index (χ1n) is 6.22. The molecule has 0 aliphatic carbocycles. The molecule has 0 radical (unpaired) electrons. The van der Waals surface area contributed by atoms with Gasteiger partial charge in [0.15, 0.2) is 11.5 Å². The van der Waals surface area contributed by atoms with Crippen molar-refractivity contribution in [3.05, 3.63) is 42.2 Å². The molecule has 2 rings (SSSR count). The fraction of sp³-hybridized carbons (Fsp3) is 0.267. The highest BCUT2D eigenvalue weighted by Crippen LogP contribution is 2.31. The second-order valence-corrected chi connectivity index (χ2v) is 4.08. The third-order valence-electron chi connectivity index (χ3n) is 2.95. The number of ether oxygens (including phenoxy) is 3. The largest absolute Gasteiger partial charge is 0.494 e. The van der Waals surface area contributed by atoms with E-state index >= 15 is 0 Å². The molecule has 5 heteroatoms. The van der Waals surface area contributed by atoms with Gasteiger partial charge >= 0.3 is 0 Å². The monoisotopic (exact) mass is 274 g/mol. The summed E-state index contributed by atoms with van der Waals surface area (Å²) in [5, 5.41) is 3.28. The van der Waals surface area contributed by atoms with Crippen molar-refractivity contribution in [3.8, 4) is 17.2 Å². The standard InChI is InChI=1S/C15H18N2O3/c1-18-13-7-8-16-10-12(13)17-9-11-5-4-6-14(19-2)15(11)20-3/h4-8,10,17H,9H2,1-3H3. The molecule has 106 valence electrons. The molecule has 5 nitrogen and oxygen atoms in total. The first-order chi connectivity index (χ1) is 9.80. The number of nitrogens with zero attached hydrogens (tertiary/aromatic N) is 1. The highest BCUT2D eigenvalue weighted by molar-refractivity contribution is 5.55. The molecule has 0 aliphatic heterocycles. The molecule has 0 saturated carbocycles. The van der Waals surface area contributed by atoms with E-state index in [1.807, 2.05) is 24.3 Å². The lowest BCUT2D eigenvalue weighted by Gasteiger charge is -2.14. The van der Waals surface area contributed by atoms with Crippen molar-refractivity contribution >= 4 is 5.69 Å². The summed E-state index contributed by atoms with van der Waals surface area (Å²) in [5.41, 5.74) is 1.83. The Kier molecular flexibility index (Phi) is 4.65. The number of para-hydroxylation sites is 1. The normalized spacial score (nSPS) is 9.95. The molecule has 0 unspecified atom stereocenters. The van der Waals surface area contributed by atoms with Crippen molar-refractivity contribution < 1.29 is 14.2 Å². The third kappa shape index (κ3) is 2.93. The van der Waals surface area contributed by atoms with Gasteiger partial charge in [0.25, 0.3) is 0 Å². The minimum atomic E-state index is 0.586. The first-order valence-corrected chi connectivity index (χ1v) is 6.22. The van der Waals surface area contributed by atoms with Crippen LogP contribution in [0.4, 0.5) is 5.69 Å². The number of pyridine rings is 1. The van der Waals surface area contributed by atoms with Crippen molar-refractivity contribution in [3.63, 3.8) is 0 Å². The summed E-state index contributed by atoms with van der Waals surface area (Å²) in [6, 6.07) is 7.59. The van der Waals surface area contributed by atoms with E-state index in [0.717, 1.165) is 22.7 Å². The maximum absolute atomic E-state index is 5.40. The molecule has 1 heterocycles. The van der Waals surface area contributed by atoms with Crippen LogP contribution in [-0.2, 0) is 6.54 Å². The lowest BCUT2D eigenvalue weighted by molar-refractivity contribution is 0.352. The summed E-state index contributed by atoms with van der Waals surface area (Å²) in [6.07, 6.45) is 3.42. The summed E-state index contributed by atoms with van der Waals surface area (Å²) in [7, 11) is 4.89. The average molecular weight is 274 g/mol. The number of nitrogens with one attached hydrogen (secondary N) is 1. The number of methoxy groups -OCH3 is 3. The van der Waals surface area contributed by atoms with Gasteiger partial charge in [-0.3, -0.25) is 4.98 Å². The molecule has 0 aliphatic rings. The van der Waals surface area contributed by atoms with Gasteiger partial charge in [0.2, 0.25) is 0 Å². The Labute approximate surface area is 118 Å². The molecular formula is C15H18N2O3. The molecule has 0 amide bonds. The van der Waals surface area contributed by atoms with Crippen molar-refractivity contribution in [2.45, 2.75) is 6.54 Å². The fourth-order valence-electron chi connectivity index (χ4n) is 1.98. The van der Waals surface area contributed by atoms with E-state index in [9.17, 15) is 0 Å². The summed E-state index contributed by atoms with van der Waals surface area (Å²) in [5.74, 6) is 2.19. The zero-order valence-corrected chi connectivity index (χ0v) is 11.8. The molecule has 1 aromatic heterocycles. The average Bonchev–Trinajstić information content (AvgIpc) is 2.52. The van der Waals surface area contributed by atoms with Crippen LogP contribution >= 0.6 is 0 Å². The molecule has 0 saturated heterocycles. The van der Waals surface area contributed by atoms with Crippen molar-refractivity contribution in [1.29, 1.82) is 0 Å². The van der Waals surface area contributed by atoms with E-state index in [1.165, 1.54) is 0 Å². The van der Waals surface area contributed by atoms with Gasteiger partial charge in [0.1, 0.15) is 5.75 Å². The second kappa shape index (κ2) is 6.65. The number of aromatic nitrogens is 1. The van der Waals surface area contributed by atoms with Crippen molar-refractivity contribution in [2.24, 2.45) is 0 Å². The lowest BCUT2D eigenvalue weighted by atomic mass is 10.2. The topological polar surface area (TPSA) is 52.6 Å². The second-order valence-electron chi connectivity index (χ2n) is 4.08. The van der Waals surface area contributed by atoms with Gasteiger partial charge in [-0.25, -0.2) is 0 Å². The van der Waals surface area contributed by atoms with Crippen molar-refractivity contribution in [1.82, 2.24) is 4.98 Å². The molecule has 1 N–H and O–H groups in total. The number of benzene rings is 1. The Morgan fingerprint density at radius 3 is 2.50 bits per heavy atom. The summed E-state index contributed by atoms with van der Waals surface area (Å²) >= 11 is 0. The molecular weight excluding hydrogens is 256 g/mol. The Balaban J connectivity index is 2.19. The van der Waals surface area contributed by atoms with E-state index in [0.29, 0.717) is 12.3 Å². The maximum atomic E-state index is 5.40. The van der Waals surface area contributed by atoms with E-state index in [-0.39, 0.29) is 0 Å². The first kappa shape index (κ1) is 14.0. The molecule has 0 bridgehead atoms. The molecule has 2 aromatic rings. The van der Waals surface area contributed by atoms with Crippen LogP contribution in [0.2, 0.25) is 0 Å². The van der Waals surface area contributed by atoms with Gasteiger partial charge < -0.3 is 19.5 Å². The summed E-state index contributed by atoms with van der Waals surface area (Å²) < 4.78 is 16.0. The molecule has 20 heavy (non-hydrogen) atoms. The van der Waals surface area contributed by atoms with Crippen LogP contribution < -0.4 is 19.5 Å². The molecule has 0 spiro atoms. The third-order valence-corrected chi connectivity index (χ3v) is 2.95. The van der Waals surface area contributed by atoms with Gasteiger partial charge in [0.05, 0.1) is 33.2 Å². The van der Waals surface area contributed by atoms with Crippen molar-refractivity contribution in [2.75, 3.05) is 26.6 Å². The SMILES string of the molecule is COc1ccncc1NCc1cccc(OC)c1OC. The van der Waals surface area contributed by atoms with Crippen LogP contribution in [-0.4, -0.2) is 26.3 Å². The summed E-state index contributed by atoms with van der Waals surface area (Å²) in [6.45, 7) is 0.586. The molecule has 1 aromatic carbocycles. The fourth-order valence-corrected chi connectivity index (χ4v) is 1.98. The highest BCUT2D eigenvalue weighted by atomic mass is 16.5. The van der Waals surface area contributed by atoms with Gasteiger partial charge in [-0.15, -0.1) is 0 Å². The molecule has 0 fully saturated rings. The number of hydrogen-bond donors (Lipinski definition) is 1. The Morgan fingerprint density at radius 1 is 1.00 bits per heavy atom. The predicted molar refractivity (Wildman–Crippen MR) is 77.7 cm³/mol. The number of hydrogen-bond acceptors (Lipinski definition) is 5. The highest BCUT2D eigenvalue weighted by Gasteiger charge is 2.10. The van der Waals surface area contributed by atoms with Crippen LogP contribution in [0, 0.1) is 0 Å². The maximum Gasteiger partial charge on any atom is 0.165 e. The Bertz CT molecular complexity index is 573. The Hall–Kier alpha value is -2.43. The van der Waals surface area contributed by atoms with E-state index in [4.69, 9.17) is 14.2 Å². The minimum Gasteiger partial charge on any atom is -0.494 e. The van der Waals surface area contributed by atoms with Gasteiger partial charge in [0, 0.05) is 24.4 Å². The van der Waals surface area contributed by atoms with Crippen LogP contribution in [0.3, 0.4) is 0 Å². The van der Waals surface area contributed by atoms with Crippen LogP contribution in [0.15, 0.2) is 36.7 Å². The predicted octanol–water partition coefficient (Wildman–Crippen LogP) is 2.72. The van der Waals surface area contributed by atoms with Crippen LogP contribution in [0.25, 0.3) is 0 Å². The smallest absolute Gasteiger partial charge is 0.165 e. The quantitative estimate of drug-likeness (QED) is 0.877. The van der Waals surface area contributed by atoms with E-state index in [2.05, 4.69) is 10.3 Å². The minimum absolute atomic E-state index is 0.586. The zero-order chi connectivity index (χ0) is 14.4. The van der Waals surface area contributed by atoms with E-state index < -0.39 is 0 Å². The van der Waals surface area contributed by atoms with Crippen LogP contribution in [0.5, 0.6) is 17.2 Å².